The minimum atomic E-state index is -0.354. The van der Waals surface area contributed by atoms with Gasteiger partial charge in [-0.15, -0.1) is 0 Å². The summed E-state index contributed by atoms with van der Waals surface area (Å²) in [6.45, 7) is 4.19. The Morgan fingerprint density at radius 1 is 1.07 bits per heavy atom. The lowest BCUT2D eigenvalue weighted by atomic mass is 10.1. The fourth-order valence-corrected chi connectivity index (χ4v) is 3.10. The number of amides is 2. The molecule has 0 fully saturated rings. The minimum Gasteiger partial charge on any atom is -0.334 e. The molecule has 0 unspecified atom stereocenters. The lowest BCUT2D eigenvalue weighted by Crippen LogP contribution is -2.37. The molecule has 0 saturated carbocycles. The van der Waals surface area contributed by atoms with Gasteiger partial charge in [0.05, 0.1) is 17.9 Å². The molecule has 30 heavy (non-hydrogen) atoms. The van der Waals surface area contributed by atoms with Gasteiger partial charge in [0, 0.05) is 24.6 Å². The van der Waals surface area contributed by atoms with Gasteiger partial charge in [-0.1, -0.05) is 37.3 Å². The zero-order valence-corrected chi connectivity index (χ0v) is 17.1. The van der Waals surface area contributed by atoms with Gasteiger partial charge in [0.1, 0.15) is 11.6 Å². The second-order valence-electron chi connectivity index (χ2n) is 6.88. The van der Waals surface area contributed by atoms with Gasteiger partial charge in [-0.05, 0) is 37.6 Å². The molecule has 1 N–H and O–H groups in total. The van der Waals surface area contributed by atoms with Crippen molar-refractivity contribution >= 4 is 17.6 Å². The number of hydrogen-bond donors (Lipinski definition) is 1. The van der Waals surface area contributed by atoms with E-state index in [4.69, 9.17) is 0 Å². The van der Waals surface area contributed by atoms with E-state index in [0.717, 1.165) is 12.0 Å². The van der Waals surface area contributed by atoms with Crippen molar-refractivity contribution in [2.24, 2.45) is 0 Å². The number of anilines is 1. The Morgan fingerprint density at radius 2 is 1.77 bits per heavy atom. The van der Waals surface area contributed by atoms with Crippen LogP contribution in [-0.4, -0.2) is 39.6 Å². The average molecular weight is 408 g/mol. The van der Waals surface area contributed by atoms with Crippen LogP contribution in [0, 0.1) is 5.82 Å². The molecule has 6 nitrogen and oxygen atoms in total. The number of halogens is 1. The van der Waals surface area contributed by atoms with Crippen molar-refractivity contribution in [3.05, 3.63) is 66.5 Å². The lowest BCUT2D eigenvalue weighted by molar-refractivity contribution is -0.134. The molecule has 0 radical (unpaired) electrons. The Kier molecular flexibility index (Phi) is 6.95. The van der Waals surface area contributed by atoms with E-state index in [1.54, 1.807) is 22.9 Å². The maximum absolute atomic E-state index is 13.4. The van der Waals surface area contributed by atoms with E-state index in [1.165, 1.54) is 17.0 Å². The summed E-state index contributed by atoms with van der Waals surface area (Å²) < 4.78 is 14.9. The van der Waals surface area contributed by atoms with Crippen molar-refractivity contribution in [2.75, 3.05) is 18.4 Å². The number of hydrogen-bond acceptors (Lipinski definition) is 3. The number of nitrogens with one attached hydrogen (secondary N) is 1. The predicted molar refractivity (Wildman–Crippen MR) is 115 cm³/mol. The number of likely N-dealkylation sites (N-methyl/N-ethyl adjacent to an activating group) is 1. The Labute approximate surface area is 175 Å². The molecule has 7 heteroatoms. The Morgan fingerprint density at radius 3 is 2.40 bits per heavy atom. The number of carbonyl (C=O) groups is 2. The van der Waals surface area contributed by atoms with E-state index in [0.29, 0.717) is 30.2 Å². The largest absolute Gasteiger partial charge is 0.334 e. The smallest absolute Gasteiger partial charge is 0.245 e. The molecule has 2 amide bonds. The molecule has 1 aromatic heterocycles. The lowest BCUT2D eigenvalue weighted by Gasteiger charge is -2.20. The number of rotatable bonds is 8. The van der Waals surface area contributed by atoms with Crippen LogP contribution >= 0.6 is 0 Å². The number of nitrogens with zero attached hydrogens (tertiary/aromatic N) is 3. The van der Waals surface area contributed by atoms with Gasteiger partial charge in [0.15, 0.2) is 0 Å². The third kappa shape index (κ3) is 5.11. The molecule has 3 aromatic rings. The summed E-state index contributed by atoms with van der Waals surface area (Å²) in [6, 6.07) is 17.2. The summed E-state index contributed by atoms with van der Waals surface area (Å²) in [5.41, 5.74) is 2.18. The van der Waals surface area contributed by atoms with E-state index in [-0.39, 0.29) is 24.2 Å². The van der Waals surface area contributed by atoms with Gasteiger partial charge in [-0.2, -0.15) is 5.10 Å². The third-order valence-corrected chi connectivity index (χ3v) is 4.65. The highest BCUT2D eigenvalue weighted by atomic mass is 19.1. The average Bonchev–Trinajstić information content (AvgIpc) is 3.17. The quantitative estimate of drug-likeness (QED) is 0.605. The zero-order chi connectivity index (χ0) is 21.5. The van der Waals surface area contributed by atoms with Crippen molar-refractivity contribution < 1.29 is 14.0 Å². The third-order valence-electron chi connectivity index (χ3n) is 4.65. The first-order valence-corrected chi connectivity index (χ1v) is 10.0. The van der Waals surface area contributed by atoms with Crippen LogP contribution in [0.1, 0.15) is 26.7 Å². The van der Waals surface area contributed by atoms with Gasteiger partial charge in [0.25, 0.3) is 0 Å². The van der Waals surface area contributed by atoms with Crippen molar-refractivity contribution in [2.45, 2.75) is 26.7 Å². The van der Waals surface area contributed by atoms with E-state index >= 15 is 0 Å². The highest BCUT2D eigenvalue weighted by Crippen LogP contribution is 2.25. The van der Waals surface area contributed by atoms with Crippen molar-refractivity contribution in [1.82, 2.24) is 14.7 Å². The summed E-state index contributed by atoms with van der Waals surface area (Å²) >= 11 is 0. The first kappa shape index (κ1) is 21.2. The molecule has 2 aromatic carbocycles. The van der Waals surface area contributed by atoms with Crippen LogP contribution in [0.5, 0.6) is 0 Å². The molecule has 0 spiro atoms. The van der Waals surface area contributed by atoms with Crippen LogP contribution in [-0.2, 0) is 9.59 Å². The fourth-order valence-electron chi connectivity index (χ4n) is 3.10. The summed E-state index contributed by atoms with van der Waals surface area (Å²) in [7, 11) is 0. The SMILES string of the molecule is CCCC(=O)N(CC)CC(=O)Nc1cc(-c2ccccc2)nn1-c1ccc(F)cc1. The van der Waals surface area contributed by atoms with Gasteiger partial charge in [-0.25, -0.2) is 9.07 Å². The maximum atomic E-state index is 13.4. The van der Waals surface area contributed by atoms with Crippen molar-refractivity contribution in [3.63, 3.8) is 0 Å². The zero-order valence-electron chi connectivity index (χ0n) is 17.1. The summed E-state index contributed by atoms with van der Waals surface area (Å²) in [5.74, 6) is -0.270. The van der Waals surface area contributed by atoms with Crippen LogP contribution in [0.25, 0.3) is 16.9 Å². The monoisotopic (exact) mass is 408 g/mol. The number of carbonyl (C=O) groups excluding carboxylic acids is 2. The van der Waals surface area contributed by atoms with Crippen LogP contribution in [0.4, 0.5) is 10.2 Å². The first-order valence-electron chi connectivity index (χ1n) is 10.0. The Bertz CT molecular complexity index is 1000. The van der Waals surface area contributed by atoms with E-state index < -0.39 is 0 Å². The molecule has 0 atom stereocenters. The molecule has 0 aliphatic heterocycles. The van der Waals surface area contributed by atoms with Crippen LogP contribution in [0.3, 0.4) is 0 Å². The van der Waals surface area contributed by atoms with Crippen LogP contribution in [0.2, 0.25) is 0 Å². The molecule has 0 saturated heterocycles. The molecule has 0 bridgehead atoms. The highest BCUT2D eigenvalue weighted by Gasteiger charge is 2.18. The summed E-state index contributed by atoms with van der Waals surface area (Å²) in [5, 5.41) is 7.45. The second-order valence-corrected chi connectivity index (χ2v) is 6.88. The fraction of sp³-hybridized carbons (Fsp3) is 0.261. The van der Waals surface area contributed by atoms with Crippen molar-refractivity contribution in [3.8, 4) is 16.9 Å². The van der Waals surface area contributed by atoms with Gasteiger partial charge < -0.3 is 10.2 Å². The number of aromatic nitrogens is 2. The maximum Gasteiger partial charge on any atom is 0.245 e. The Balaban J connectivity index is 1.88. The molecule has 0 aliphatic rings. The second kappa shape index (κ2) is 9.82. The van der Waals surface area contributed by atoms with Crippen molar-refractivity contribution in [1.29, 1.82) is 0 Å². The molecule has 3 rings (SSSR count). The first-order chi connectivity index (χ1) is 14.5. The summed E-state index contributed by atoms with van der Waals surface area (Å²) in [4.78, 5) is 26.4. The normalized spacial score (nSPS) is 10.6. The van der Waals surface area contributed by atoms with E-state index in [9.17, 15) is 14.0 Å². The minimum absolute atomic E-state index is 0.0371. The van der Waals surface area contributed by atoms with Gasteiger partial charge in [0.2, 0.25) is 11.8 Å². The molecular formula is C23H25FN4O2. The molecule has 1 heterocycles. The molecular weight excluding hydrogens is 383 g/mol. The number of benzene rings is 2. The Hall–Kier alpha value is -3.48. The molecule has 156 valence electrons. The van der Waals surface area contributed by atoms with Gasteiger partial charge in [-0.3, -0.25) is 9.59 Å². The van der Waals surface area contributed by atoms with E-state index in [1.807, 2.05) is 44.2 Å². The van der Waals surface area contributed by atoms with E-state index in [2.05, 4.69) is 10.4 Å². The summed E-state index contributed by atoms with van der Waals surface area (Å²) in [6.07, 6.45) is 1.14. The van der Waals surface area contributed by atoms with Crippen LogP contribution < -0.4 is 5.32 Å². The van der Waals surface area contributed by atoms with Crippen LogP contribution in [0.15, 0.2) is 60.7 Å². The van der Waals surface area contributed by atoms with Gasteiger partial charge >= 0.3 is 0 Å². The molecule has 0 aliphatic carbocycles. The topological polar surface area (TPSA) is 67.2 Å². The standard InChI is InChI=1S/C23H25FN4O2/c1-3-8-23(30)27(4-2)16-22(29)25-21-15-20(17-9-6-5-7-10-17)26-28(21)19-13-11-18(24)12-14-19/h5-7,9-15H,3-4,8,16H2,1-2H3,(H,25,29). The highest BCUT2D eigenvalue weighted by molar-refractivity contribution is 5.94. The predicted octanol–water partition coefficient (Wildman–Crippen LogP) is 4.27.